The van der Waals surface area contributed by atoms with E-state index >= 15 is 0 Å². The van der Waals surface area contributed by atoms with Crippen molar-refractivity contribution in [3.05, 3.63) is 0 Å². The molecule has 10 nitrogen and oxygen atoms in total. The van der Waals surface area contributed by atoms with E-state index in [2.05, 4.69) is 83.1 Å². The Hall–Kier alpha value is -3.37. The van der Waals surface area contributed by atoms with E-state index in [4.69, 9.17) is 18.5 Å². The van der Waals surface area contributed by atoms with E-state index < -0.39 is 51.1 Å². The summed E-state index contributed by atoms with van der Waals surface area (Å²) in [6, 6.07) is 0. The molecule has 1 fully saturated rings. The van der Waals surface area contributed by atoms with Gasteiger partial charge < -0.3 is 34.8 Å². The fourth-order valence-electron chi connectivity index (χ4n) is 2.42. The molecule has 0 aromatic rings. The molecule has 0 spiro atoms. The van der Waals surface area contributed by atoms with Crippen LogP contribution in [-0.4, -0.2) is 82.3 Å². The van der Waals surface area contributed by atoms with Gasteiger partial charge >= 0.3 is 7.82 Å². The Labute approximate surface area is 235 Å². The van der Waals surface area contributed by atoms with Gasteiger partial charge in [0.25, 0.3) is 0 Å². The molecule has 0 bridgehead atoms. The average Bonchev–Trinajstić information content (AvgIpc) is 2.84. The van der Waals surface area contributed by atoms with E-state index in [1.54, 1.807) is 6.92 Å². The second kappa shape index (κ2) is 17.1. The van der Waals surface area contributed by atoms with Crippen molar-refractivity contribution in [2.24, 2.45) is 0 Å². The smallest absolute Gasteiger partial charge is 0.443 e. The first-order valence-electron chi connectivity index (χ1n) is 10.2. The van der Waals surface area contributed by atoms with Crippen molar-refractivity contribution in [3.63, 3.8) is 0 Å². The van der Waals surface area contributed by atoms with Crippen LogP contribution in [0.15, 0.2) is 0 Å². The van der Waals surface area contributed by atoms with Crippen molar-refractivity contribution in [1.82, 2.24) is 0 Å². The number of rotatable bonds is 8. The molecule has 1 aliphatic carbocycles. The van der Waals surface area contributed by atoms with Gasteiger partial charge in [0.15, 0.2) is 0 Å². The molecule has 0 aromatic carbocycles. The molecule has 1 aliphatic rings. The number of hydrogen-bond donors (Lipinski definition) is 5. The van der Waals surface area contributed by atoms with Gasteiger partial charge in [0.2, 0.25) is 0 Å². The zero-order chi connectivity index (χ0) is 26.8. The fraction of sp³-hybridized carbons (Fsp3) is 0.440. The summed E-state index contributed by atoms with van der Waals surface area (Å²) in [6.07, 6.45) is -6.95. The van der Waals surface area contributed by atoms with Crippen LogP contribution in [0.2, 0.25) is 0 Å². The van der Waals surface area contributed by atoms with Gasteiger partial charge in [-0.2, -0.15) is 0 Å². The third kappa shape index (κ3) is 12.4. The second-order valence-corrected chi connectivity index (χ2v) is 8.11. The van der Waals surface area contributed by atoms with Gasteiger partial charge in [-0.15, -0.1) is 0 Å². The normalized spacial score (nSPS) is 23.9. The molecule has 0 aliphatic heterocycles. The first-order chi connectivity index (χ1) is 17.2. The topological polar surface area (TPSA) is 155 Å². The molecule has 7 atom stereocenters. The average molecular weight is 549 g/mol. The van der Waals surface area contributed by atoms with E-state index in [9.17, 15) is 29.9 Å². The van der Waals surface area contributed by atoms with Gasteiger partial charge in [0, 0.05) is 73.3 Å². The Balaban J connectivity index is -0.0000000508. The summed E-state index contributed by atoms with van der Waals surface area (Å²) in [4.78, 5) is 9.86. The Morgan fingerprint density at radius 1 is 0.833 bits per heavy atom. The van der Waals surface area contributed by atoms with Gasteiger partial charge in [-0.25, -0.2) is 4.57 Å². The predicted octanol–water partition coefficient (Wildman–Crippen LogP) is 2.55. The minimum atomic E-state index is -4.78. The van der Waals surface area contributed by atoms with Crippen LogP contribution in [-0.2, 0) is 23.1 Å². The van der Waals surface area contributed by atoms with Gasteiger partial charge in [-0.05, 0) is 42.4 Å². The third-order valence-corrected chi connectivity index (χ3v) is 5.14. The van der Waals surface area contributed by atoms with Gasteiger partial charge in [0.1, 0.15) is 37.1 Å². The largest absolute Gasteiger partial charge is 0.472 e. The lowest BCUT2D eigenvalue weighted by molar-refractivity contribution is -0.173. The Bertz CT molecular complexity index is 1280. The first-order valence-corrected chi connectivity index (χ1v) is 11.7. The molecular weight excluding hydrogens is 491 g/mol. The summed E-state index contributed by atoms with van der Waals surface area (Å²) in [5, 5.41) is 38.9. The highest BCUT2D eigenvalue weighted by atomic mass is 31.2. The van der Waals surface area contributed by atoms with E-state index in [-0.39, 0.29) is 37.3 Å². The zero-order valence-electron chi connectivity index (χ0n) is 19.3. The fourth-order valence-corrected chi connectivity index (χ4v) is 3.41. The molecule has 1 rings (SSSR count). The summed E-state index contributed by atoms with van der Waals surface area (Å²) >= 11 is 0. The molecule has 0 saturated heterocycles. The number of ether oxygens (including phenoxy) is 2. The van der Waals surface area contributed by atoms with Gasteiger partial charge in [0.05, 0.1) is 18.8 Å². The molecule has 0 aromatic heterocycles. The van der Waals surface area contributed by atoms with Crippen LogP contribution in [0.3, 0.4) is 0 Å². The van der Waals surface area contributed by atoms with Crippen LogP contribution >= 0.6 is 7.82 Å². The number of methoxy groups -OCH3 is 1. The second-order valence-electron chi connectivity index (χ2n) is 6.71. The lowest BCUT2D eigenvalue weighted by Crippen LogP contribution is -2.56. The van der Waals surface area contributed by atoms with E-state index in [1.165, 1.54) is 7.11 Å². The summed E-state index contributed by atoms with van der Waals surface area (Å²) in [5.41, 5.74) is 0. The maximum Gasteiger partial charge on any atom is 0.472 e. The number of phosphoric acid groups is 1. The van der Waals surface area contributed by atoms with Crippen molar-refractivity contribution in [1.29, 1.82) is 0 Å². The van der Waals surface area contributed by atoms with Crippen LogP contribution in [0.4, 0.5) is 0 Å². The number of aliphatic hydroxyl groups is 4. The summed E-state index contributed by atoms with van der Waals surface area (Å²) in [6.45, 7) is 1.04. The Kier molecular flexibility index (Phi) is 14.6. The van der Waals surface area contributed by atoms with E-state index in [0.29, 0.717) is 0 Å². The molecule has 36 heavy (non-hydrogen) atoms. The summed E-state index contributed by atoms with van der Waals surface area (Å²) in [5.74, 6) is 32.1. The SMILES string of the molecule is CC#CC#CC#CC#CC#CC#CC#COC[C@H](COP(=O)(O)OC1[C@H](O)CC(O)[C@H](O)[C@@H]1O)OC.[HH].[HH].[HH].[HH].[HH].[HH].[HH].[HH].[HH].[HH].[HH].[HH].[HH].[HH].[HH].[HH].[HH]. The summed E-state index contributed by atoms with van der Waals surface area (Å²) < 4.78 is 31.8. The molecule has 3 unspecified atom stereocenters. The quantitative estimate of drug-likeness (QED) is 0.226. The number of hydrogen-bond acceptors (Lipinski definition) is 9. The van der Waals surface area contributed by atoms with E-state index in [1.807, 2.05) is 0 Å². The highest BCUT2D eigenvalue weighted by Crippen LogP contribution is 2.47. The number of aliphatic hydroxyl groups excluding tert-OH is 4. The van der Waals surface area contributed by atoms with Gasteiger partial charge in [-0.1, -0.05) is 5.92 Å². The maximum absolute atomic E-state index is 12.2. The summed E-state index contributed by atoms with van der Waals surface area (Å²) in [7, 11) is -3.48. The van der Waals surface area contributed by atoms with Crippen LogP contribution in [0.25, 0.3) is 0 Å². The van der Waals surface area contributed by atoms with Crippen molar-refractivity contribution in [2.75, 3.05) is 20.3 Å². The molecule has 0 heterocycles. The lowest BCUT2D eigenvalue weighted by atomic mass is 9.87. The Morgan fingerprint density at radius 2 is 1.36 bits per heavy atom. The standard InChI is InChI=1S/C25H23O10P.17H2/c1-3-4-5-6-7-8-9-10-11-12-13-14-15-16-33-18-20(32-2)19-34-36(30,31)35-25-22(27)17-21(26)23(28)24(25)29;;;;;;;;;;;;;;;;;/h20-29H,17-19H2,1-2H3,(H,30,31);17*1H/t20-,21?,22-,23+,24+,25?;;;;;;;;;;;;;;;;;/m1................./s1. The minimum Gasteiger partial charge on any atom is -0.443 e. The molecule has 5 N–H and O–H groups in total. The highest BCUT2D eigenvalue weighted by molar-refractivity contribution is 7.47. The van der Waals surface area contributed by atoms with Gasteiger partial charge in [-0.3, -0.25) is 9.05 Å². The van der Waals surface area contributed by atoms with Crippen LogP contribution in [0, 0.1) is 83.1 Å². The molecule has 1 saturated carbocycles. The van der Waals surface area contributed by atoms with E-state index in [0.717, 1.165) is 0 Å². The third-order valence-electron chi connectivity index (χ3n) is 4.16. The predicted molar refractivity (Wildman–Crippen MR) is 162 cm³/mol. The van der Waals surface area contributed by atoms with Crippen LogP contribution in [0.1, 0.15) is 37.6 Å². The molecule has 0 radical (unpaired) electrons. The lowest BCUT2D eigenvalue weighted by Gasteiger charge is -2.38. The monoisotopic (exact) mass is 548 g/mol. The molecule has 0 amide bonds. The van der Waals surface area contributed by atoms with Crippen molar-refractivity contribution < 1.29 is 72.7 Å². The molecule has 222 valence electrons. The van der Waals surface area contributed by atoms with Crippen molar-refractivity contribution in [3.8, 4) is 83.1 Å². The van der Waals surface area contributed by atoms with Crippen LogP contribution in [0.5, 0.6) is 0 Å². The molecular formula is C25H57O10P. The zero-order valence-corrected chi connectivity index (χ0v) is 20.2. The highest BCUT2D eigenvalue weighted by Gasteiger charge is 2.46. The van der Waals surface area contributed by atoms with Crippen molar-refractivity contribution >= 4 is 7.82 Å². The maximum atomic E-state index is 12.2. The molecule has 11 heteroatoms. The first kappa shape index (κ1) is 30.7. The van der Waals surface area contributed by atoms with Crippen molar-refractivity contribution in [2.45, 2.75) is 50.0 Å². The Morgan fingerprint density at radius 3 is 1.89 bits per heavy atom. The minimum absolute atomic E-state index is 0. The van der Waals surface area contributed by atoms with Crippen LogP contribution < -0.4 is 0 Å². The number of phosphoric ester groups is 1.